The number of allylic oxidation sites excluding steroid dienone is 1. The molecule has 0 spiro atoms. The number of nitrogens with zero attached hydrogens (tertiary/aromatic N) is 1. The van der Waals surface area contributed by atoms with Crippen LogP contribution < -0.4 is 5.32 Å². The maximum atomic E-state index is 12.3. The molecule has 1 N–H and O–H groups in total. The number of hydrogen-bond donors (Lipinski definition) is 1. The van der Waals surface area contributed by atoms with Crippen molar-refractivity contribution < 1.29 is 13.2 Å². The van der Waals surface area contributed by atoms with Crippen molar-refractivity contribution in [3.63, 3.8) is 0 Å². The van der Waals surface area contributed by atoms with Crippen LogP contribution in [0.2, 0.25) is 0 Å². The van der Waals surface area contributed by atoms with Crippen LogP contribution in [0.5, 0.6) is 0 Å². The summed E-state index contributed by atoms with van der Waals surface area (Å²) >= 11 is 0. The maximum absolute atomic E-state index is 12.3. The molecule has 1 aromatic carbocycles. The molecule has 0 heterocycles. The van der Waals surface area contributed by atoms with Gasteiger partial charge in [-0.25, -0.2) is 8.42 Å². The SMILES string of the molecule is CC(C)(C(=O)NCC1CC1)c1ccc(S(=O)(=O)/C=C/C#N)cc1. The maximum Gasteiger partial charge on any atom is 0.230 e. The Labute approximate surface area is 136 Å². The highest BCUT2D eigenvalue weighted by Gasteiger charge is 2.31. The molecular formula is C17H20N2O3S. The van der Waals surface area contributed by atoms with E-state index in [-0.39, 0.29) is 10.8 Å². The molecular weight excluding hydrogens is 312 g/mol. The molecule has 1 aliphatic rings. The number of carbonyl (C=O) groups is 1. The summed E-state index contributed by atoms with van der Waals surface area (Å²) in [5, 5.41) is 12.3. The van der Waals surface area contributed by atoms with Gasteiger partial charge in [0.05, 0.1) is 16.4 Å². The summed E-state index contributed by atoms with van der Waals surface area (Å²) in [7, 11) is -3.62. The normalized spacial score (nSPS) is 15.3. The van der Waals surface area contributed by atoms with Crippen molar-refractivity contribution in [2.24, 2.45) is 5.92 Å². The van der Waals surface area contributed by atoms with Gasteiger partial charge in [0, 0.05) is 18.0 Å². The van der Waals surface area contributed by atoms with Gasteiger partial charge in [-0.1, -0.05) is 12.1 Å². The molecule has 0 unspecified atom stereocenters. The lowest BCUT2D eigenvalue weighted by molar-refractivity contribution is -0.125. The standard InChI is InChI=1S/C17H20N2O3S/c1-17(2,16(20)19-12-13-4-5-13)14-6-8-15(9-7-14)23(21,22)11-3-10-18/h3,6-9,11,13H,4-5,12H2,1-2H3,(H,19,20)/b11-3+. The van der Waals surface area contributed by atoms with Gasteiger partial charge >= 0.3 is 0 Å². The Morgan fingerprint density at radius 2 is 1.96 bits per heavy atom. The molecule has 23 heavy (non-hydrogen) atoms. The Morgan fingerprint density at radius 3 is 2.48 bits per heavy atom. The second kappa shape index (κ2) is 6.55. The van der Waals surface area contributed by atoms with Crippen LogP contribution in [-0.2, 0) is 20.0 Å². The largest absolute Gasteiger partial charge is 0.355 e. The fraction of sp³-hybridized carbons (Fsp3) is 0.412. The van der Waals surface area contributed by atoms with Gasteiger partial charge in [0.15, 0.2) is 0 Å². The minimum Gasteiger partial charge on any atom is -0.355 e. The fourth-order valence-corrected chi connectivity index (χ4v) is 3.08. The highest BCUT2D eigenvalue weighted by Crippen LogP contribution is 2.29. The quantitative estimate of drug-likeness (QED) is 0.810. The van der Waals surface area contributed by atoms with E-state index in [1.807, 2.05) is 13.8 Å². The van der Waals surface area contributed by atoms with Gasteiger partial charge in [-0.15, -0.1) is 0 Å². The zero-order valence-corrected chi connectivity index (χ0v) is 14.1. The molecule has 0 aliphatic heterocycles. The molecule has 2 rings (SSSR count). The Balaban J connectivity index is 2.15. The van der Waals surface area contributed by atoms with Crippen LogP contribution in [0.3, 0.4) is 0 Å². The summed E-state index contributed by atoms with van der Waals surface area (Å²) in [5.41, 5.74) is 0.00802. The van der Waals surface area contributed by atoms with Crippen LogP contribution in [0.1, 0.15) is 32.3 Å². The van der Waals surface area contributed by atoms with E-state index >= 15 is 0 Å². The molecule has 6 heteroatoms. The molecule has 0 saturated heterocycles. The van der Waals surface area contributed by atoms with Crippen molar-refractivity contribution in [1.82, 2.24) is 5.32 Å². The lowest BCUT2D eigenvalue weighted by atomic mass is 9.84. The van der Waals surface area contributed by atoms with E-state index < -0.39 is 15.3 Å². The highest BCUT2D eigenvalue weighted by atomic mass is 32.2. The number of benzene rings is 1. The first-order chi connectivity index (χ1) is 10.8. The Morgan fingerprint density at radius 1 is 1.35 bits per heavy atom. The van der Waals surface area contributed by atoms with Crippen molar-refractivity contribution >= 4 is 15.7 Å². The molecule has 1 fully saturated rings. The van der Waals surface area contributed by atoms with Crippen molar-refractivity contribution in [1.29, 1.82) is 5.26 Å². The number of nitrogens with one attached hydrogen (secondary N) is 1. The first-order valence-corrected chi connectivity index (χ1v) is 9.02. The monoisotopic (exact) mass is 332 g/mol. The summed E-state index contributed by atoms with van der Waals surface area (Å²) in [6.07, 6.45) is 3.27. The lowest BCUT2D eigenvalue weighted by Gasteiger charge is -2.24. The van der Waals surface area contributed by atoms with Crippen LogP contribution in [0, 0.1) is 17.2 Å². The minimum absolute atomic E-state index is 0.0654. The molecule has 1 amide bonds. The van der Waals surface area contributed by atoms with Crippen LogP contribution in [-0.4, -0.2) is 20.9 Å². The minimum atomic E-state index is -3.62. The summed E-state index contributed by atoms with van der Waals surface area (Å²) in [6.45, 7) is 4.33. The molecule has 0 aromatic heterocycles. The topological polar surface area (TPSA) is 87.0 Å². The smallest absolute Gasteiger partial charge is 0.230 e. The van der Waals surface area contributed by atoms with Gasteiger partial charge in [0.2, 0.25) is 15.7 Å². The Kier molecular flexibility index (Phi) is 4.90. The number of rotatable bonds is 6. The van der Waals surface area contributed by atoms with Gasteiger partial charge in [-0.2, -0.15) is 5.26 Å². The number of amides is 1. The van der Waals surface area contributed by atoms with Crippen molar-refractivity contribution in [2.75, 3.05) is 6.54 Å². The zero-order valence-electron chi connectivity index (χ0n) is 13.2. The number of carbonyl (C=O) groups excluding carboxylic acids is 1. The van der Waals surface area contributed by atoms with Crippen LogP contribution in [0.25, 0.3) is 0 Å². The van der Waals surface area contributed by atoms with Gasteiger partial charge in [0.25, 0.3) is 0 Å². The van der Waals surface area contributed by atoms with Gasteiger partial charge in [-0.3, -0.25) is 4.79 Å². The number of hydrogen-bond acceptors (Lipinski definition) is 4. The van der Waals surface area contributed by atoms with Gasteiger partial charge < -0.3 is 5.32 Å². The van der Waals surface area contributed by atoms with Gasteiger partial charge in [-0.05, 0) is 50.3 Å². The van der Waals surface area contributed by atoms with E-state index in [0.717, 1.165) is 17.0 Å². The van der Waals surface area contributed by atoms with Crippen molar-refractivity contribution in [3.8, 4) is 6.07 Å². The predicted octanol–water partition coefficient (Wildman–Crippen LogP) is 2.30. The third-order valence-corrected chi connectivity index (χ3v) is 5.47. The molecule has 1 aromatic rings. The molecule has 0 radical (unpaired) electrons. The van der Waals surface area contributed by atoms with Crippen LogP contribution in [0.4, 0.5) is 0 Å². The molecule has 1 aliphatic carbocycles. The summed E-state index contributed by atoms with van der Waals surface area (Å²) < 4.78 is 23.9. The average Bonchev–Trinajstić information content (AvgIpc) is 3.35. The zero-order chi connectivity index (χ0) is 17.1. The van der Waals surface area contributed by atoms with E-state index in [0.29, 0.717) is 12.5 Å². The second-order valence-electron chi connectivity index (χ2n) is 6.28. The lowest BCUT2D eigenvalue weighted by Crippen LogP contribution is -2.40. The van der Waals surface area contributed by atoms with E-state index in [4.69, 9.17) is 5.26 Å². The Hall–Kier alpha value is -2.13. The first kappa shape index (κ1) is 17.2. The second-order valence-corrected chi connectivity index (χ2v) is 8.11. The third kappa shape index (κ3) is 4.20. The van der Waals surface area contributed by atoms with Gasteiger partial charge in [0.1, 0.15) is 0 Å². The summed E-state index contributed by atoms with van der Waals surface area (Å²) in [5.74, 6) is 0.540. The summed E-state index contributed by atoms with van der Waals surface area (Å²) in [6, 6.07) is 7.87. The van der Waals surface area contributed by atoms with Crippen LogP contribution in [0.15, 0.2) is 40.6 Å². The molecule has 122 valence electrons. The summed E-state index contributed by atoms with van der Waals surface area (Å²) in [4.78, 5) is 12.4. The average molecular weight is 332 g/mol. The first-order valence-electron chi connectivity index (χ1n) is 7.47. The van der Waals surface area contributed by atoms with E-state index in [1.54, 1.807) is 18.2 Å². The van der Waals surface area contributed by atoms with Crippen molar-refractivity contribution in [3.05, 3.63) is 41.3 Å². The molecule has 1 saturated carbocycles. The fourth-order valence-electron chi connectivity index (χ4n) is 2.17. The molecule has 5 nitrogen and oxygen atoms in total. The van der Waals surface area contributed by atoms with E-state index in [1.165, 1.54) is 25.0 Å². The highest BCUT2D eigenvalue weighted by molar-refractivity contribution is 7.94. The number of sulfone groups is 1. The van der Waals surface area contributed by atoms with E-state index in [9.17, 15) is 13.2 Å². The van der Waals surface area contributed by atoms with Crippen LogP contribution >= 0.6 is 0 Å². The van der Waals surface area contributed by atoms with Crippen molar-refractivity contribution in [2.45, 2.75) is 37.0 Å². The Bertz CT molecular complexity index is 752. The third-order valence-electron chi connectivity index (χ3n) is 4.04. The van der Waals surface area contributed by atoms with E-state index in [2.05, 4.69) is 5.32 Å². The molecule has 0 bridgehead atoms. The number of nitriles is 1. The molecule has 0 atom stereocenters. The predicted molar refractivity (Wildman–Crippen MR) is 87.1 cm³/mol.